The zero-order valence-electron chi connectivity index (χ0n) is 32.2. The number of hydrogen-bond acceptors (Lipinski definition) is 0. The number of hydrogen-bond donors (Lipinski definition) is 0. The minimum Gasteiger partial charge on any atom is -0.0617 e. The fraction of sp³-hybridized carbons (Fsp3) is 0.375. The summed E-state index contributed by atoms with van der Waals surface area (Å²) in [5, 5.41) is 12.2. The predicted molar refractivity (Wildman–Crippen MR) is 211 cm³/mol. The van der Waals surface area contributed by atoms with Gasteiger partial charge in [0.15, 0.2) is 0 Å². The van der Waals surface area contributed by atoms with E-state index in [-0.39, 0.29) is 0 Å². The van der Waals surface area contributed by atoms with Gasteiger partial charge in [-0.05, 0) is 265 Å². The summed E-state index contributed by atoms with van der Waals surface area (Å²) < 4.78 is 0. The normalized spacial score (nSPS) is 18.2. The summed E-state index contributed by atoms with van der Waals surface area (Å²) >= 11 is 0. The van der Waals surface area contributed by atoms with Crippen LogP contribution >= 0.6 is 0 Å². The fourth-order valence-corrected chi connectivity index (χ4v) is 11.5. The zero-order valence-corrected chi connectivity index (χ0v) is 32.2. The van der Waals surface area contributed by atoms with E-state index in [1.165, 1.54) is 132 Å². The van der Waals surface area contributed by atoms with Gasteiger partial charge in [-0.25, -0.2) is 0 Å². The molecule has 6 aromatic rings. The van der Waals surface area contributed by atoms with Gasteiger partial charge in [0.1, 0.15) is 0 Å². The number of aryl methyl sites for hydroxylation is 4. The molecule has 0 fully saturated rings. The first-order valence-electron chi connectivity index (χ1n) is 18.2. The third-order valence-corrected chi connectivity index (χ3v) is 15.2. The lowest BCUT2D eigenvalue weighted by molar-refractivity contribution is 0.665. The van der Waals surface area contributed by atoms with Crippen LogP contribution in [-0.2, 0) is 0 Å². The van der Waals surface area contributed by atoms with Gasteiger partial charge in [0.05, 0.1) is 0 Å². The second-order valence-corrected chi connectivity index (χ2v) is 16.4. The van der Waals surface area contributed by atoms with Gasteiger partial charge in [-0.1, -0.05) is 11.1 Å². The van der Waals surface area contributed by atoms with Gasteiger partial charge >= 0.3 is 0 Å². The van der Waals surface area contributed by atoms with Crippen LogP contribution in [0.1, 0.15) is 117 Å². The van der Waals surface area contributed by atoms with Crippen LogP contribution in [-0.4, -0.2) is 0 Å². The Morgan fingerprint density at radius 1 is 0.229 bits per heavy atom. The molecule has 0 nitrogen and oxygen atoms in total. The number of benzene rings is 6. The lowest BCUT2D eigenvalue weighted by atomic mass is 9.70. The predicted octanol–water partition coefficient (Wildman–Crippen LogP) is 14.0. The maximum Gasteiger partial charge on any atom is 0.0167 e. The van der Waals surface area contributed by atoms with E-state index in [2.05, 4.69) is 111 Å². The molecular weight excluding hydrogens is 577 g/mol. The first-order valence-corrected chi connectivity index (χ1v) is 18.2. The van der Waals surface area contributed by atoms with E-state index >= 15 is 0 Å². The molecule has 0 N–H and O–H groups in total. The minimum atomic E-state index is 0.427. The molecule has 2 unspecified atom stereocenters. The minimum absolute atomic E-state index is 0.427. The largest absolute Gasteiger partial charge is 0.0617 e. The van der Waals surface area contributed by atoms with Crippen molar-refractivity contribution in [2.45, 2.75) is 123 Å². The van der Waals surface area contributed by atoms with Crippen LogP contribution in [0.25, 0.3) is 65.3 Å². The van der Waals surface area contributed by atoms with Crippen molar-refractivity contribution in [3.8, 4) is 22.3 Å². The van der Waals surface area contributed by atoms with E-state index < -0.39 is 0 Å². The first-order chi connectivity index (χ1) is 22.6. The Hall–Kier alpha value is -3.90. The standard InChI is InChI=1S/C48H50/c1-17-18(2)22(6)34-33(21(17)5)37-25(9)29(13)41-43-31(15)27(11)39-35-23(7)19(3)20(4)24(8)36(35)40-28(12)32(16)44(48(43)46(39)40)42-30(14)26(10)38(34)45(37)47(41)42/h33-34H,1-16H3. The smallest absolute Gasteiger partial charge is 0.0167 e. The molecule has 0 heterocycles. The van der Waals surface area contributed by atoms with Crippen molar-refractivity contribution in [1.82, 2.24) is 0 Å². The Kier molecular flexibility index (Phi) is 5.66. The Morgan fingerprint density at radius 2 is 0.521 bits per heavy atom. The van der Waals surface area contributed by atoms with Crippen molar-refractivity contribution in [1.29, 1.82) is 0 Å². The monoisotopic (exact) mass is 626 g/mol. The molecule has 0 radical (unpaired) electrons. The first kappa shape index (κ1) is 30.2. The van der Waals surface area contributed by atoms with Crippen LogP contribution in [0.5, 0.6) is 0 Å². The van der Waals surface area contributed by atoms with Gasteiger partial charge in [0.25, 0.3) is 0 Å². The molecule has 0 heteroatoms. The van der Waals surface area contributed by atoms with Crippen molar-refractivity contribution < 1.29 is 0 Å². The van der Waals surface area contributed by atoms with E-state index in [4.69, 9.17) is 0 Å². The van der Waals surface area contributed by atoms with Crippen molar-refractivity contribution in [3.05, 3.63) is 100 Å². The highest BCUT2D eigenvalue weighted by Gasteiger charge is 2.44. The second-order valence-electron chi connectivity index (χ2n) is 16.4. The highest BCUT2D eigenvalue weighted by Crippen LogP contribution is 2.64. The zero-order chi connectivity index (χ0) is 34.5. The van der Waals surface area contributed by atoms with E-state index in [9.17, 15) is 0 Å². The molecule has 3 aliphatic rings. The molecule has 6 aromatic carbocycles. The Morgan fingerprint density at radius 3 is 0.875 bits per heavy atom. The summed E-state index contributed by atoms with van der Waals surface area (Å²) in [5.74, 6) is 0.853. The van der Waals surface area contributed by atoms with E-state index in [0.29, 0.717) is 11.8 Å². The van der Waals surface area contributed by atoms with Crippen molar-refractivity contribution in [2.75, 3.05) is 0 Å². The van der Waals surface area contributed by atoms with Crippen LogP contribution in [0, 0.1) is 83.1 Å². The molecule has 242 valence electrons. The molecule has 48 heavy (non-hydrogen) atoms. The third kappa shape index (κ3) is 2.92. The van der Waals surface area contributed by atoms with Gasteiger partial charge < -0.3 is 0 Å². The maximum atomic E-state index is 2.45. The summed E-state index contributed by atoms with van der Waals surface area (Å²) in [6.45, 7) is 38.5. The average Bonchev–Trinajstić information content (AvgIpc) is 3.61. The Bertz CT molecular complexity index is 2520. The van der Waals surface area contributed by atoms with E-state index in [1.54, 1.807) is 33.0 Å². The van der Waals surface area contributed by atoms with Gasteiger partial charge in [-0.3, -0.25) is 0 Å². The molecule has 0 aliphatic heterocycles. The molecule has 0 saturated heterocycles. The summed E-state index contributed by atoms with van der Waals surface area (Å²) in [5.41, 5.74) is 33.0. The number of rotatable bonds is 0. The van der Waals surface area contributed by atoms with E-state index in [0.717, 1.165) is 0 Å². The topological polar surface area (TPSA) is 0 Å². The molecule has 9 rings (SSSR count). The molecule has 0 amide bonds. The van der Waals surface area contributed by atoms with Crippen molar-refractivity contribution in [3.63, 3.8) is 0 Å². The molecule has 0 bridgehead atoms. The van der Waals surface area contributed by atoms with Crippen LogP contribution in [0.4, 0.5) is 0 Å². The van der Waals surface area contributed by atoms with E-state index in [1.807, 2.05) is 0 Å². The van der Waals surface area contributed by atoms with Crippen LogP contribution in [0.15, 0.2) is 22.3 Å². The molecule has 2 atom stereocenters. The Balaban J connectivity index is 1.64. The van der Waals surface area contributed by atoms with Crippen molar-refractivity contribution >= 4 is 43.1 Å². The molecule has 0 spiro atoms. The quantitative estimate of drug-likeness (QED) is 0.116. The maximum absolute atomic E-state index is 2.45. The van der Waals surface area contributed by atoms with Crippen molar-refractivity contribution in [2.24, 2.45) is 0 Å². The summed E-state index contributed by atoms with van der Waals surface area (Å²) in [7, 11) is 0. The number of fused-ring (bicyclic) bond motifs is 8. The summed E-state index contributed by atoms with van der Waals surface area (Å²) in [6.07, 6.45) is 0. The van der Waals surface area contributed by atoms with Gasteiger partial charge in [-0.2, -0.15) is 0 Å². The fourth-order valence-electron chi connectivity index (χ4n) is 11.5. The van der Waals surface area contributed by atoms with Crippen LogP contribution in [0.3, 0.4) is 0 Å². The second kappa shape index (κ2) is 9.01. The summed E-state index contributed by atoms with van der Waals surface area (Å²) in [6, 6.07) is 0. The lowest BCUT2D eigenvalue weighted by Gasteiger charge is -2.33. The summed E-state index contributed by atoms with van der Waals surface area (Å²) in [4.78, 5) is 0. The molecule has 0 aromatic heterocycles. The highest BCUT2D eigenvalue weighted by atomic mass is 14.5. The van der Waals surface area contributed by atoms with Gasteiger partial charge in [0, 0.05) is 11.8 Å². The lowest BCUT2D eigenvalue weighted by Crippen LogP contribution is -2.17. The molecule has 0 saturated carbocycles. The Labute approximate surface area is 287 Å². The highest BCUT2D eigenvalue weighted by molar-refractivity contribution is 6.41. The molecule has 3 aliphatic carbocycles. The van der Waals surface area contributed by atoms with Crippen LogP contribution in [0.2, 0.25) is 0 Å². The van der Waals surface area contributed by atoms with Gasteiger partial charge in [-0.15, -0.1) is 0 Å². The number of allylic oxidation sites excluding steroid dienone is 4. The SMILES string of the molecule is CC1=C(C)C2c3c(C)c(C)c4c5c(C)c(C)c6c7c(c(C)c(C)c(c8c(C)c(C)c(c3c48)C2C(C)=C1C)c75)-c1c(C)c(C)c(C)c(C)c1-6. The molecular formula is C48H50. The third-order valence-electron chi connectivity index (χ3n) is 15.2. The van der Waals surface area contributed by atoms with Crippen LogP contribution < -0.4 is 0 Å². The average molecular weight is 627 g/mol. The van der Waals surface area contributed by atoms with Gasteiger partial charge in [0.2, 0.25) is 0 Å².